The van der Waals surface area contributed by atoms with Gasteiger partial charge in [0.2, 0.25) is 0 Å². The van der Waals surface area contributed by atoms with Crippen LogP contribution in [0.1, 0.15) is 38.6 Å². The minimum atomic E-state index is 0.939. The zero-order chi connectivity index (χ0) is 13.4. The number of hydrogen-bond donors (Lipinski definition) is 0. The molecule has 0 radical (unpaired) electrons. The third-order valence-electron chi connectivity index (χ3n) is 2.42. The van der Waals surface area contributed by atoms with Gasteiger partial charge in [0.05, 0.1) is 17.6 Å². The fourth-order valence-electron chi connectivity index (χ4n) is 1.51. The minimum absolute atomic E-state index is 0.939. The van der Waals surface area contributed by atoms with Crippen LogP contribution in [0.5, 0.6) is 0 Å². The molecule has 1 heterocycles. The lowest BCUT2D eigenvalue weighted by Gasteiger charge is -2.07. The quantitative estimate of drug-likeness (QED) is 0.698. The van der Waals surface area contributed by atoms with Gasteiger partial charge in [-0.3, -0.25) is 4.98 Å². The van der Waals surface area contributed by atoms with Gasteiger partial charge in [-0.2, -0.15) is 0 Å². The van der Waals surface area contributed by atoms with Gasteiger partial charge in [-0.1, -0.05) is 49.9 Å². The zero-order valence-corrected chi connectivity index (χ0v) is 12.1. The van der Waals surface area contributed by atoms with Crippen molar-refractivity contribution in [3.63, 3.8) is 0 Å². The fraction of sp³-hybridized carbons (Fsp3) is 0.333. The van der Waals surface area contributed by atoms with Crippen molar-refractivity contribution in [2.45, 2.75) is 33.6 Å². The first-order chi connectivity index (χ1) is 8.74. The first kappa shape index (κ1) is 14.7. The third-order valence-corrected chi connectivity index (χ3v) is 3.72. The fourth-order valence-corrected chi connectivity index (χ4v) is 2.28. The molecule has 0 aliphatic carbocycles. The van der Waals surface area contributed by atoms with Gasteiger partial charge >= 0.3 is 0 Å². The molecule has 0 spiro atoms. The molecule has 18 heavy (non-hydrogen) atoms. The molecule has 0 N–H and O–H groups in total. The van der Waals surface area contributed by atoms with E-state index in [0.717, 1.165) is 34.0 Å². The Kier molecular flexibility index (Phi) is 6.44. The monoisotopic (exact) mass is 260 g/mol. The van der Waals surface area contributed by atoms with E-state index >= 15 is 0 Å². The minimum Gasteiger partial charge on any atom is -0.261 e. The Morgan fingerprint density at radius 1 is 1.33 bits per heavy atom. The lowest BCUT2D eigenvalue weighted by atomic mass is 10.2. The molecule has 2 nitrogen and oxygen atoms in total. The number of rotatable bonds is 6. The zero-order valence-electron chi connectivity index (χ0n) is 11.3. The van der Waals surface area contributed by atoms with Gasteiger partial charge in [0.15, 0.2) is 0 Å². The van der Waals surface area contributed by atoms with Gasteiger partial charge in [0.1, 0.15) is 0 Å². The van der Waals surface area contributed by atoms with Crippen molar-refractivity contribution >= 4 is 16.7 Å². The van der Waals surface area contributed by atoms with Crippen LogP contribution in [0.25, 0.3) is 4.91 Å². The van der Waals surface area contributed by atoms with Crippen molar-refractivity contribution < 1.29 is 0 Å². The molecule has 0 fully saturated rings. The van der Waals surface area contributed by atoms with Gasteiger partial charge in [-0.15, -0.1) is 0 Å². The number of aryl methyl sites for hydroxylation is 1. The highest BCUT2D eigenvalue weighted by Gasteiger charge is 2.06. The molecule has 0 aliphatic rings. The lowest BCUT2D eigenvalue weighted by molar-refractivity contribution is 0.867. The number of thioether (sulfide) groups is 1. The van der Waals surface area contributed by atoms with Crippen LogP contribution in [0.15, 0.2) is 42.1 Å². The Labute approximate surface area is 114 Å². The Balaban J connectivity index is 2.95. The summed E-state index contributed by atoms with van der Waals surface area (Å²) in [5.74, 6) is 0. The topological polar surface area (TPSA) is 25.8 Å². The molecule has 0 atom stereocenters. The second-order valence-corrected chi connectivity index (χ2v) is 4.91. The van der Waals surface area contributed by atoms with Crippen LogP contribution in [-0.2, 0) is 6.42 Å². The average molecular weight is 260 g/mol. The van der Waals surface area contributed by atoms with Crippen molar-refractivity contribution in [3.8, 4) is 0 Å². The van der Waals surface area contributed by atoms with Crippen LogP contribution in [0.4, 0.5) is 0 Å². The Bertz CT molecular complexity index is 461. The first-order valence-corrected chi connectivity index (χ1v) is 7.01. The Hall–Kier alpha value is -1.35. The summed E-state index contributed by atoms with van der Waals surface area (Å²) in [5.41, 5.74) is 1.99. The molecule has 0 bridgehead atoms. The molecular formula is C15H20N2S. The number of hydrogen-bond acceptors (Lipinski definition) is 3. The van der Waals surface area contributed by atoms with Gasteiger partial charge in [-0.25, -0.2) is 4.98 Å². The van der Waals surface area contributed by atoms with E-state index in [2.05, 4.69) is 29.5 Å². The SMILES string of the molecule is C=CC(=CC)S/C(=C\C)c1cncc(CCC)n1. The van der Waals surface area contributed by atoms with Gasteiger partial charge in [0.25, 0.3) is 0 Å². The van der Waals surface area contributed by atoms with Gasteiger partial charge in [-0.05, 0) is 20.3 Å². The molecule has 3 heteroatoms. The predicted octanol–water partition coefficient (Wildman–Crippen LogP) is 4.61. The van der Waals surface area contributed by atoms with Crippen molar-refractivity contribution in [2.75, 3.05) is 0 Å². The van der Waals surface area contributed by atoms with E-state index in [1.165, 1.54) is 0 Å². The van der Waals surface area contributed by atoms with E-state index in [0.29, 0.717) is 0 Å². The van der Waals surface area contributed by atoms with E-state index < -0.39 is 0 Å². The van der Waals surface area contributed by atoms with Crippen molar-refractivity contribution in [1.29, 1.82) is 0 Å². The molecule has 0 unspecified atom stereocenters. The van der Waals surface area contributed by atoms with Gasteiger partial charge < -0.3 is 0 Å². The molecule has 1 aromatic rings. The average Bonchev–Trinajstić information content (AvgIpc) is 2.41. The van der Waals surface area contributed by atoms with Crippen LogP contribution in [0, 0.1) is 0 Å². The van der Waals surface area contributed by atoms with Crippen molar-refractivity contribution in [1.82, 2.24) is 9.97 Å². The molecule has 0 aliphatic heterocycles. The number of allylic oxidation sites excluding steroid dienone is 3. The second-order valence-electron chi connectivity index (χ2n) is 3.80. The summed E-state index contributed by atoms with van der Waals surface area (Å²) in [6.07, 6.45) is 11.7. The van der Waals surface area contributed by atoms with E-state index in [9.17, 15) is 0 Å². The van der Waals surface area contributed by atoms with Gasteiger partial charge in [0, 0.05) is 16.0 Å². The standard InChI is InChI=1S/C15H20N2S/c1-5-9-12-10-16-11-14(17-12)15(8-4)18-13(6-2)7-3/h6-8,10-11H,2,5,9H2,1,3-4H3/b13-7?,15-8-. The van der Waals surface area contributed by atoms with E-state index in [1.807, 2.05) is 38.4 Å². The van der Waals surface area contributed by atoms with Crippen molar-refractivity contribution in [3.05, 3.63) is 53.5 Å². The lowest BCUT2D eigenvalue weighted by Crippen LogP contribution is -1.95. The summed E-state index contributed by atoms with van der Waals surface area (Å²) in [6.45, 7) is 9.99. The maximum atomic E-state index is 4.64. The molecule has 0 aromatic carbocycles. The molecule has 1 aromatic heterocycles. The third kappa shape index (κ3) is 4.15. The second kappa shape index (κ2) is 7.88. The van der Waals surface area contributed by atoms with Crippen LogP contribution in [-0.4, -0.2) is 9.97 Å². The molecule has 0 amide bonds. The van der Waals surface area contributed by atoms with Crippen LogP contribution in [0.3, 0.4) is 0 Å². The van der Waals surface area contributed by atoms with Crippen molar-refractivity contribution in [2.24, 2.45) is 0 Å². The summed E-state index contributed by atoms with van der Waals surface area (Å²) in [5, 5.41) is 0. The maximum absolute atomic E-state index is 4.64. The molecule has 1 rings (SSSR count). The molecule has 0 saturated carbocycles. The highest BCUT2D eigenvalue weighted by Crippen LogP contribution is 2.32. The van der Waals surface area contributed by atoms with E-state index in [-0.39, 0.29) is 0 Å². The van der Waals surface area contributed by atoms with E-state index in [1.54, 1.807) is 11.8 Å². The van der Waals surface area contributed by atoms with Crippen LogP contribution < -0.4 is 0 Å². The predicted molar refractivity (Wildman–Crippen MR) is 81.2 cm³/mol. The summed E-state index contributed by atoms with van der Waals surface area (Å²) < 4.78 is 0. The molecule has 96 valence electrons. The maximum Gasteiger partial charge on any atom is 0.0952 e. The Morgan fingerprint density at radius 3 is 2.67 bits per heavy atom. The largest absolute Gasteiger partial charge is 0.261 e. The summed E-state index contributed by atoms with van der Waals surface area (Å²) in [4.78, 5) is 11.2. The summed E-state index contributed by atoms with van der Waals surface area (Å²) in [7, 11) is 0. The first-order valence-electron chi connectivity index (χ1n) is 6.19. The van der Waals surface area contributed by atoms with Crippen LogP contribution in [0.2, 0.25) is 0 Å². The normalized spacial score (nSPS) is 12.6. The smallest absolute Gasteiger partial charge is 0.0952 e. The molecule has 0 saturated heterocycles. The summed E-state index contributed by atoms with van der Waals surface area (Å²) in [6, 6.07) is 0. The highest BCUT2D eigenvalue weighted by molar-refractivity contribution is 8.11. The highest BCUT2D eigenvalue weighted by atomic mass is 32.2. The number of nitrogens with zero attached hydrogens (tertiary/aromatic N) is 2. The molecular weight excluding hydrogens is 240 g/mol. The van der Waals surface area contributed by atoms with E-state index in [4.69, 9.17) is 0 Å². The Morgan fingerprint density at radius 2 is 2.11 bits per heavy atom. The number of aromatic nitrogens is 2. The summed E-state index contributed by atoms with van der Waals surface area (Å²) >= 11 is 1.67. The van der Waals surface area contributed by atoms with Crippen LogP contribution >= 0.6 is 11.8 Å².